The van der Waals surface area contributed by atoms with Crippen LogP contribution >= 0.6 is 0 Å². The minimum atomic E-state index is -0.532. The minimum absolute atomic E-state index is 0.0469. The van der Waals surface area contributed by atoms with Crippen molar-refractivity contribution in [3.8, 4) is 23.0 Å². The lowest BCUT2D eigenvalue weighted by Crippen LogP contribution is -2.35. The van der Waals surface area contributed by atoms with E-state index in [1.807, 2.05) is 13.8 Å². The maximum absolute atomic E-state index is 13.3. The van der Waals surface area contributed by atoms with E-state index in [-0.39, 0.29) is 25.1 Å². The van der Waals surface area contributed by atoms with Gasteiger partial charge in [0, 0.05) is 18.2 Å². The van der Waals surface area contributed by atoms with Gasteiger partial charge in [0.05, 0.1) is 34.5 Å². The van der Waals surface area contributed by atoms with Crippen molar-refractivity contribution in [2.45, 2.75) is 26.5 Å². The fourth-order valence-corrected chi connectivity index (χ4v) is 2.93. The number of benzene rings is 2. The van der Waals surface area contributed by atoms with Gasteiger partial charge in [-0.3, -0.25) is 9.59 Å². The van der Waals surface area contributed by atoms with Crippen molar-refractivity contribution in [3.63, 3.8) is 0 Å². The van der Waals surface area contributed by atoms with Crippen molar-refractivity contribution >= 4 is 11.9 Å². The summed E-state index contributed by atoms with van der Waals surface area (Å²) >= 11 is 0. The maximum Gasteiger partial charge on any atom is 0.325 e. The lowest BCUT2D eigenvalue weighted by Gasteiger charge is -2.23. The zero-order valence-electron chi connectivity index (χ0n) is 18.8. The highest BCUT2D eigenvalue weighted by Gasteiger charge is 2.22. The summed E-state index contributed by atoms with van der Waals surface area (Å²) in [5, 5.41) is 0. The van der Waals surface area contributed by atoms with Gasteiger partial charge in [-0.2, -0.15) is 0 Å². The first-order valence-electron chi connectivity index (χ1n) is 9.74. The van der Waals surface area contributed by atoms with Crippen LogP contribution in [0.5, 0.6) is 23.0 Å². The first kappa shape index (κ1) is 23.9. The van der Waals surface area contributed by atoms with Crippen LogP contribution in [-0.4, -0.2) is 57.9 Å². The molecule has 1 amide bonds. The molecule has 0 atom stereocenters. The number of amides is 1. The van der Waals surface area contributed by atoms with E-state index in [0.29, 0.717) is 28.6 Å². The molecule has 0 aliphatic heterocycles. The van der Waals surface area contributed by atoms with Gasteiger partial charge in [-0.05, 0) is 49.7 Å². The monoisotopic (exact) mass is 431 g/mol. The molecule has 2 aromatic rings. The van der Waals surface area contributed by atoms with Gasteiger partial charge in [-0.25, -0.2) is 0 Å². The van der Waals surface area contributed by atoms with E-state index in [9.17, 15) is 9.59 Å². The molecule has 0 fully saturated rings. The van der Waals surface area contributed by atoms with E-state index in [1.54, 1.807) is 50.6 Å². The molecule has 0 radical (unpaired) electrons. The summed E-state index contributed by atoms with van der Waals surface area (Å²) in [5.41, 5.74) is 1.09. The summed E-state index contributed by atoms with van der Waals surface area (Å²) in [6.07, 6.45) is -0.0469. The van der Waals surface area contributed by atoms with Crippen LogP contribution < -0.4 is 18.9 Å². The number of rotatable bonds is 10. The Morgan fingerprint density at radius 2 is 1.52 bits per heavy atom. The van der Waals surface area contributed by atoms with Crippen molar-refractivity contribution in [1.29, 1.82) is 0 Å². The molecule has 0 bridgehead atoms. The van der Waals surface area contributed by atoms with Crippen LogP contribution in [0.25, 0.3) is 0 Å². The number of ether oxygens (including phenoxy) is 5. The van der Waals surface area contributed by atoms with Gasteiger partial charge < -0.3 is 28.6 Å². The first-order chi connectivity index (χ1) is 14.8. The van der Waals surface area contributed by atoms with Crippen molar-refractivity contribution in [1.82, 2.24) is 4.90 Å². The molecular weight excluding hydrogens is 402 g/mol. The van der Waals surface area contributed by atoms with Gasteiger partial charge in [0.15, 0.2) is 11.5 Å². The number of hydrogen-bond donors (Lipinski definition) is 0. The molecule has 0 saturated heterocycles. The Bertz CT molecular complexity index is 889. The highest BCUT2D eigenvalue weighted by atomic mass is 16.5. The van der Waals surface area contributed by atoms with E-state index in [0.717, 1.165) is 5.56 Å². The van der Waals surface area contributed by atoms with Crippen molar-refractivity contribution in [3.05, 3.63) is 47.5 Å². The summed E-state index contributed by atoms with van der Waals surface area (Å²) < 4.78 is 26.5. The average Bonchev–Trinajstić information content (AvgIpc) is 2.77. The van der Waals surface area contributed by atoms with Gasteiger partial charge in [-0.15, -0.1) is 0 Å². The van der Waals surface area contributed by atoms with Crippen LogP contribution in [0.15, 0.2) is 36.4 Å². The zero-order valence-corrected chi connectivity index (χ0v) is 18.8. The lowest BCUT2D eigenvalue weighted by atomic mass is 10.1. The molecule has 2 rings (SSSR count). The van der Waals surface area contributed by atoms with Gasteiger partial charge in [0.2, 0.25) is 0 Å². The summed E-state index contributed by atoms with van der Waals surface area (Å²) in [6, 6.07) is 10.2. The number of esters is 1. The Labute approximate surface area is 182 Å². The van der Waals surface area contributed by atoms with Crippen LogP contribution in [0.3, 0.4) is 0 Å². The van der Waals surface area contributed by atoms with Crippen LogP contribution in [0.2, 0.25) is 0 Å². The normalized spacial score (nSPS) is 10.4. The van der Waals surface area contributed by atoms with Crippen LogP contribution in [0, 0.1) is 0 Å². The molecule has 0 heterocycles. The van der Waals surface area contributed by atoms with E-state index < -0.39 is 5.97 Å². The Balaban J connectivity index is 2.37. The largest absolute Gasteiger partial charge is 0.497 e. The Morgan fingerprint density at radius 3 is 2.03 bits per heavy atom. The fourth-order valence-electron chi connectivity index (χ4n) is 2.93. The molecule has 31 heavy (non-hydrogen) atoms. The molecule has 0 spiro atoms. The average molecular weight is 431 g/mol. The second kappa shape index (κ2) is 11.1. The minimum Gasteiger partial charge on any atom is -0.497 e. The van der Waals surface area contributed by atoms with E-state index >= 15 is 0 Å². The number of methoxy groups -OCH3 is 4. The Morgan fingerprint density at radius 1 is 0.871 bits per heavy atom. The number of nitrogens with zero attached hydrogens (tertiary/aromatic N) is 1. The third-order valence-electron chi connectivity index (χ3n) is 4.39. The molecule has 0 saturated carbocycles. The van der Waals surface area contributed by atoms with Gasteiger partial charge >= 0.3 is 5.97 Å². The third kappa shape index (κ3) is 6.53. The highest BCUT2D eigenvalue weighted by molar-refractivity contribution is 5.96. The Hall–Kier alpha value is -3.42. The molecule has 0 N–H and O–H groups in total. The van der Waals surface area contributed by atoms with Gasteiger partial charge in [0.25, 0.3) is 5.91 Å². The third-order valence-corrected chi connectivity index (χ3v) is 4.39. The quantitative estimate of drug-likeness (QED) is 0.534. The predicted octanol–water partition coefficient (Wildman–Crippen LogP) is 3.32. The number of carbonyl (C=O) groups is 2. The molecule has 168 valence electrons. The maximum atomic E-state index is 13.3. The molecule has 0 aliphatic rings. The van der Waals surface area contributed by atoms with Crippen LogP contribution in [0.1, 0.15) is 29.8 Å². The van der Waals surface area contributed by atoms with Crippen LogP contribution in [0.4, 0.5) is 0 Å². The van der Waals surface area contributed by atoms with Crippen LogP contribution in [-0.2, 0) is 16.1 Å². The Kier molecular flexibility index (Phi) is 8.54. The van der Waals surface area contributed by atoms with Crippen molar-refractivity contribution in [2.75, 3.05) is 35.0 Å². The van der Waals surface area contributed by atoms with Crippen molar-refractivity contribution < 1.29 is 33.3 Å². The molecule has 0 aliphatic carbocycles. The zero-order chi connectivity index (χ0) is 23.0. The van der Waals surface area contributed by atoms with Gasteiger partial charge in [0.1, 0.15) is 18.0 Å². The smallest absolute Gasteiger partial charge is 0.325 e. The van der Waals surface area contributed by atoms with Crippen molar-refractivity contribution in [2.24, 2.45) is 0 Å². The lowest BCUT2D eigenvalue weighted by molar-refractivity contribution is -0.141. The molecular formula is C23H29NO7. The fraction of sp³-hybridized carbons (Fsp3) is 0.391. The molecule has 8 nitrogen and oxygen atoms in total. The van der Waals surface area contributed by atoms with E-state index in [2.05, 4.69) is 0 Å². The predicted molar refractivity (Wildman–Crippen MR) is 115 cm³/mol. The summed E-state index contributed by atoms with van der Waals surface area (Å²) in [5.74, 6) is 1.23. The first-order valence-corrected chi connectivity index (χ1v) is 9.74. The second-order valence-corrected chi connectivity index (χ2v) is 6.99. The summed E-state index contributed by atoms with van der Waals surface area (Å²) in [7, 11) is 5.87. The molecule has 0 aromatic heterocycles. The summed E-state index contributed by atoms with van der Waals surface area (Å²) in [4.78, 5) is 26.6. The standard InChI is InChI=1S/C23H29NO7/c1-15(2)31-20-8-7-17(11-21(20)29-5)23(26)24(14-22(25)30-6)13-16-9-18(27-3)12-19(10-16)28-4/h7-12,15H,13-14H2,1-6H3. The number of carbonyl (C=O) groups excluding carboxylic acids is 2. The topological polar surface area (TPSA) is 83.5 Å². The molecule has 8 heteroatoms. The highest BCUT2D eigenvalue weighted by Crippen LogP contribution is 2.30. The molecule has 0 unspecified atom stereocenters. The van der Waals surface area contributed by atoms with Gasteiger partial charge in [-0.1, -0.05) is 0 Å². The summed E-state index contributed by atoms with van der Waals surface area (Å²) in [6.45, 7) is 3.73. The SMILES string of the molecule is COC(=O)CN(Cc1cc(OC)cc(OC)c1)C(=O)c1ccc(OC(C)C)c(OC)c1. The molecule has 2 aromatic carbocycles. The number of hydrogen-bond acceptors (Lipinski definition) is 7. The van der Waals surface area contributed by atoms with E-state index in [1.165, 1.54) is 19.1 Å². The second-order valence-electron chi connectivity index (χ2n) is 6.99. The van der Waals surface area contributed by atoms with E-state index in [4.69, 9.17) is 23.7 Å².